The van der Waals surface area contributed by atoms with E-state index < -0.39 is 0 Å². The number of ether oxygens (including phenoxy) is 2. The molecule has 10 aromatic rings. The van der Waals surface area contributed by atoms with Crippen LogP contribution in [0.1, 0.15) is 0 Å². The van der Waals surface area contributed by atoms with Gasteiger partial charge in [0, 0.05) is 88.2 Å². The smallest absolute Gasteiger partial charge is 0.215 e. The molecule has 0 amide bonds. The van der Waals surface area contributed by atoms with Gasteiger partial charge in [0.1, 0.15) is 0 Å². The van der Waals surface area contributed by atoms with Crippen LogP contribution in [0, 0.1) is 49.2 Å². The van der Waals surface area contributed by atoms with Crippen LogP contribution in [0.2, 0.25) is 0 Å². The van der Waals surface area contributed by atoms with Crippen molar-refractivity contribution in [2.45, 2.75) is 0 Å². The number of para-hydroxylation sites is 4. The zero-order chi connectivity index (χ0) is 38.1. The first kappa shape index (κ1) is 41.0. The molecule has 4 heterocycles. The molecule has 0 bridgehead atoms. The Balaban J connectivity index is 0.000000153. The van der Waals surface area contributed by atoms with E-state index in [2.05, 4.69) is 70.6 Å². The van der Waals surface area contributed by atoms with Crippen LogP contribution >= 0.6 is 0 Å². The first-order chi connectivity index (χ1) is 27.7. The van der Waals surface area contributed by atoms with E-state index in [1.807, 2.05) is 97.1 Å². The van der Waals surface area contributed by atoms with Gasteiger partial charge in [0.05, 0.1) is 22.1 Å². The molecule has 0 aliphatic heterocycles. The van der Waals surface area contributed by atoms with Crippen LogP contribution in [0.15, 0.2) is 170 Å². The largest absolute Gasteiger partial charge is 0.669 e. The Bertz CT molecular complexity index is 2710. The van der Waals surface area contributed by atoms with Crippen molar-refractivity contribution in [2.24, 2.45) is 0 Å². The molecule has 4 aromatic heterocycles. The summed E-state index contributed by atoms with van der Waals surface area (Å²) in [6, 6.07) is 67.8. The summed E-state index contributed by atoms with van der Waals surface area (Å²) in [6.07, 6.45) is 18.0. The van der Waals surface area contributed by atoms with E-state index >= 15 is 0 Å². The maximum absolute atomic E-state index is 7.34. The van der Waals surface area contributed by atoms with Gasteiger partial charge >= 0.3 is 0 Å². The summed E-state index contributed by atoms with van der Waals surface area (Å²) in [5.41, 5.74) is 5.49. The van der Waals surface area contributed by atoms with Crippen LogP contribution < -0.4 is 9.47 Å². The van der Waals surface area contributed by atoms with E-state index in [-0.39, 0.29) is 42.1 Å². The van der Waals surface area contributed by atoms with Gasteiger partial charge in [0.2, 0.25) is 11.8 Å². The van der Waals surface area contributed by atoms with Gasteiger partial charge in [0.15, 0.2) is 0 Å². The number of hydrogen-bond acceptors (Lipinski definition) is 4. The summed E-state index contributed by atoms with van der Waals surface area (Å²) in [7, 11) is 0. The minimum Gasteiger partial charge on any atom is -0.669 e. The quantitative estimate of drug-likeness (QED) is 0.127. The van der Waals surface area contributed by atoms with Crippen molar-refractivity contribution in [2.75, 3.05) is 0 Å². The normalized spacial score (nSPS) is 10.1. The van der Waals surface area contributed by atoms with Gasteiger partial charge < -0.3 is 66.8 Å². The monoisotopic (exact) mass is 1110 g/mol. The Labute approximate surface area is 365 Å². The second-order valence-corrected chi connectivity index (χ2v) is 12.2. The third-order valence-electron chi connectivity index (χ3n) is 8.76. The molecule has 6 aromatic carbocycles. The molecule has 0 spiro atoms. The van der Waals surface area contributed by atoms with Gasteiger partial charge in [-0.3, -0.25) is 12.1 Å². The van der Waals surface area contributed by atoms with E-state index in [0.717, 1.165) is 22.1 Å². The molecule has 0 saturated carbocycles. The number of benzene rings is 6. The summed E-state index contributed by atoms with van der Waals surface area (Å²) < 4.78 is 15.0. The third-order valence-corrected chi connectivity index (χ3v) is 8.76. The van der Waals surface area contributed by atoms with Gasteiger partial charge in [-0.05, 0) is 36.4 Å². The predicted octanol–water partition coefficient (Wildman–Crippen LogP) is 11.3. The van der Waals surface area contributed by atoms with Gasteiger partial charge in [-0.1, -0.05) is 96.4 Å². The Kier molecular flexibility index (Phi) is 13.7. The number of rotatable bonds is 5. The van der Waals surface area contributed by atoms with Gasteiger partial charge in [-0.25, -0.2) is 22.1 Å². The van der Waals surface area contributed by atoms with Crippen LogP contribution in [0.3, 0.4) is 0 Å². The zero-order valence-corrected chi connectivity index (χ0v) is 34.9. The van der Waals surface area contributed by atoms with Crippen LogP contribution in [0.4, 0.5) is 0 Å². The standard InChI is InChI=1S/C22H12N2O2.2C14H8N.2Pt/c1-3-13-23-21(11-1)25-19-9-5-7-17(15-19)18-8-6-10-20(16-18)26-22-12-2-4-14-24-22;2*1-2-15-13-9-5-3-7-11(13)12-8-4-6-10-14(12)15;;/h1-6,9-14H;2*3-10H;;/q-4;2*-1;;. The fourth-order valence-electron chi connectivity index (χ4n) is 6.32. The predicted molar refractivity (Wildman–Crippen MR) is 220 cm³/mol. The molecule has 286 valence electrons. The van der Waals surface area contributed by atoms with Crippen molar-refractivity contribution < 1.29 is 51.6 Å². The topological polar surface area (TPSA) is 54.1 Å². The van der Waals surface area contributed by atoms with E-state index in [9.17, 15) is 0 Å². The summed E-state index contributed by atoms with van der Waals surface area (Å²) in [4.78, 5) is 8.28. The van der Waals surface area contributed by atoms with Crippen molar-refractivity contribution in [3.05, 3.63) is 207 Å². The molecule has 0 saturated heterocycles. The molecule has 0 aliphatic carbocycles. The molecular formula is C50H28N4O2Pt2-6. The van der Waals surface area contributed by atoms with Crippen molar-refractivity contribution in [3.63, 3.8) is 0 Å². The van der Waals surface area contributed by atoms with Gasteiger partial charge in [-0.2, -0.15) is 12.1 Å². The molecule has 0 unspecified atom stereocenters. The average Bonchev–Trinajstić information content (AvgIpc) is 3.77. The van der Waals surface area contributed by atoms with E-state index in [0.29, 0.717) is 34.4 Å². The Morgan fingerprint density at radius 2 is 0.759 bits per heavy atom. The maximum Gasteiger partial charge on any atom is 0.215 e. The number of nitrogens with zero attached hydrogens (tertiary/aromatic N) is 4. The average molecular weight is 1110 g/mol. The van der Waals surface area contributed by atoms with Crippen molar-refractivity contribution >= 4 is 43.6 Å². The fraction of sp³-hybridized carbons (Fsp3) is 0. The molecule has 6 nitrogen and oxygen atoms in total. The Hall–Kier alpha value is -6.68. The summed E-state index contributed by atoms with van der Waals surface area (Å²) in [6.45, 7) is 0. The molecule has 8 heteroatoms. The molecular weight excluding hydrogens is 1080 g/mol. The number of fused-ring (bicyclic) bond motifs is 6. The van der Waals surface area contributed by atoms with Crippen LogP contribution in [0.5, 0.6) is 23.3 Å². The molecule has 0 atom stereocenters. The van der Waals surface area contributed by atoms with Crippen LogP contribution in [-0.4, -0.2) is 19.1 Å². The van der Waals surface area contributed by atoms with E-state index in [1.54, 1.807) is 57.9 Å². The van der Waals surface area contributed by atoms with E-state index in [1.165, 1.54) is 21.5 Å². The van der Waals surface area contributed by atoms with Crippen LogP contribution in [0.25, 0.3) is 54.7 Å². The SMILES string of the molecule is [C-]#Cn1c2ccccc2c2ccccc21.[C-]#Cn1c2ccccc2c2ccccc21.[Pt].[Pt].[c-]1ccc(Oc2ccccn2)[c-]c1-c1[c-]ccc(Oc2ccccn2)[c-]1. The molecule has 0 aliphatic rings. The summed E-state index contributed by atoms with van der Waals surface area (Å²) in [5.74, 6) is 2.08. The second kappa shape index (κ2) is 19.5. The van der Waals surface area contributed by atoms with Crippen molar-refractivity contribution in [1.29, 1.82) is 0 Å². The van der Waals surface area contributed by atoms with Crippen LogP contribution in [-0.2, 0) is 42.1 Å². The Morgan fingerprint density at radius 3 is 1.07 bits per heavy atom. The first-order valence-corrected chi connectivity index (χ1v) is 17.6. The maximum atomic E-state index is 7.34. The first-order valence-electron chi connectivity index (χ1n) is 17.6. The van der Waals surface area contributed by atoms with Gasteiger partial charge in [-0.15, -0.1) is 0 Å². The Morgan fingerprint density at radius 1 is 0.431 bits per heavy atom. The van der Waals surface area contributed by atoms with Crippen molar-refractivity contribution in [3.8, 4) is 46.5 Å². The molecule has 10 rings (SSSR count). The zero-order valence-electron chi connectivity index (χ0n) is 30.4. The molecule has 0 N–H and O–H groups in total. The summed E-state index contributed by atoms with van der Waals surface area (Å²) in [5, 5.41) is 4.70. The molecule has 0 fully saturated rings. The minimum atomic E-state index is 0. The number of hydrogen-bond donors (Lipinski definition) is 0. The molecule has 58 heavy (non-hydrogen) atoms. The number of aromatic nitrogens is 4. The fourth-order valence-corrected chi connectivity index (χ4v) is 6.32. The minimum absolute atomic E-state index is 0. The number of pyridine rings is 2. The second-order valence-electron chi connectivity index (χ2n) is 12.2. The third kappa shape index (κ3) is 8.97. The van der Waals surface area contributed by atoms with Gasteiger partial charge in [0.25, 0.3) is 0 Å². The summed E-state index contributed by atoms with van der Waals surface area (Å²) >= 11 is 0. The van der Waals surface area contributed by atoms with E-state index in [4.69, 9.17) is 22.3 Å². The van der Waals surface area contributed by atoms with Crippen molar-refractivity contribution in [1.82, 2.24) is 19.1 Å². The molecule has 0 radical (unpaired) electrons.